The maximum Gasteiger partial charge on any atom is 0.410 e. The van der Waals surface area contributed by atoms with Crippen molar-refractivity contribution in [2.24, 2.45) is 0 Å². The highest BCUT2D eigenvalue weighted by molar-refractivity contribution is 5.69. The first-order chi connectivity index (χ1) is 13.4. The number of fused-ring (bicyclic) bond motifs is 1. The summed E-state index contributed by atoms with van der Waals surface area (Å²) >= 11 is 0. The van der Waals surface area contributed by atoms with Crippen molar-refractivity contribution in [3.05, 3.63) is 48.5 Å². The molecule has 0 radical (unpaired) electrons. The number of ether oxygens (including phenoxy) is 3. The first-order valence-electron chi connectivity index (χ1n) is 9.89. The predicted molar refractivity (Wildman–Crippen MR) is 108 cm³/mol. The summed E-state index contributed by atoms with van der Waals surface area (Å²) in [6.45, 7) is 6.78. The molecule has 5 heteroatoms. The maximum absolute atomic E-state index is 12.6. The van der Waals surface area contributed by atoms with Gasteiger partial charge in [0.25, 0.3) is 0 Å². The van der Waals surface area contributed by atoms with Gasteiger partial charge in [-0.3, -0.25) is 0 Å². The van der Waals surface area contributed by atoms with E-state index in [1.165, 1.54) is 0 Å². The highest BCUT2D eigenvalue weighted by atomic mass is 16.6. The lowest BCUT2D eigenvalue weighted by atomic mass is 10.0. The summed E-state index contributed by atoms with van der Waals surface area (Å²) in [6.07, 6.45) is 1.36. The molecule has 4 rings (SSSR count). The predicted octanol–water partition coefficient (Wildman–Crippen LogP) is 4.89. The van der Waals surface area contributed by atoms with Gasteiger partial charge in [-0.2, -0.15) is 0 Å². The van der Waals surface area contributed by atoms with E-state index in [1.54, 1.807) is 4.90 Å². The van der Waals surface area contributed by atoms with E-state index < -0.39 is 5.60 Å². The van der Waals surface area contributed by atoms with Crippen molar-refractivity contribution in [3.63, 3.8) is 0 Å². The van der Waals surface area contributed by atoms with Crippen LogP contribution < -0.4 is 9.47 Å². The van der Waals surface area contributed by atoms with Crippen molar-refractivity contribution in [1.29, 1.82) is 0 Å². The van der Waals surface area contributed by atoms with Crippen LogP contribution in [0.25, 0.3) is 11.1 Å². The summed E-state index contributed by atoms with van der Waals surface area (Å²) in [4.78, 5) is 14.4. The van der Waals surface area contributed by atoms with Gasteiger partial charge < -0.3 is 19.1 Å². The lowest BCUT2D eigenvalue weighted by molar-refractivity contribution is -0.00456. The quantitative estimate of drug-likeness (QED) is 0.743. The van der Waals surface area contributed by atoms with Gasteiger partial charge in [0.2, 0.25) is 0 Å². The molecule has 2 aromatic rings. The van der Waals surface area contributed by atoms with Crippen molar-refractivity contribution in [1.82, 2.24) is 4.90 Å². The smallest absolute Gasteiger partial charge is 0.410 e. The van der Waals surface area contributed by atoms with Crippen molar-refractivity contribution >= 4 is 6.09 Å². The molecule has 0 unspecified atom stereocenters. The Hall–Kier alpha value is -2.69. The Balaban J connectivity index is 1.52. The standard InChI is InChI=1S/C23H27NO4/c1-23(2,3)28-22(25)24-13-7-10-18(24)21-15-26-19-12-11-17(14-20(19)27-21)16-8-5-4-6-9-16/h4-6,8-9,11-12,14,18,21H,7,10,13,15H2,1-3H3/t18-,21+/m0/s1. The van der Waals surface area contributed by atoms with Gasteiger partial charge in [-0.15, -0.1) is 0 Å². The van der Waals surface area contributed by atoms with E-state index in [1.807, 2.05) is 57.2 Å². The number of hydrogen-bond donors (Lipinski definition) is 0. The second-order valence-electron chi connectivity index (χ2n) is 8.38. The molecule has 148 valence electrons. The molecule has 0 spiro atoms. The van der Waals surface area contributed by atoms with E-state index in [2.05, 4.69) is 12.1 Å². The molecule has 2 aliphatic rings. The Morgan fingerprint density at radius 2 is 1.86 bits per heavy atom. The van der Waals surface area contributed by atoms with Crippen LogP contribution in [0, 0.1) is 0 Å². The number of amides is 1. The third-order valence-electron chi connectivity index (χ3n) is 5.09. The van der Waals surface area contributed by atoms with Crippen molar-refractivity contribution in [2.45, 2.75) is 51.4 Å². The number of benzene rings is 2. The summed E-state index contributed by atoms with van der Waals surface area (Å²) in [5.41, 5.74) is 1.71. The fourth-order valence-electron chi connectivity index (χ4n) is 3.81. The SMILES string of the molecule is CC(C)(C)OC(=O)N1CCC[C@H]1[C@H]1COc2ccc(-c3ccccc3)cc2O1. The number of rotatable bonds is 2. The summed E-state index contributed by atoms with van der Waals surface area (Å²) in [6, 6.07) is 16.2. The van der Waals surface area contributed by atoms with Crippen LogP contribution in [-0.2, 0) is 4.74 Å². The topological polar surface area (TPSA) is 48.0 Å². The largest absolute Gasteiger partial charge is 0.486 e. The van der Waals surface area contributed by atoms with E-state index >= 15 is 0 Å². The van der Waals surface area contributed by atoms with E-state index in [4.69, 9.17) is 14.2 Å². The molecule has 1 saturated heterocycles. The minimum absolute atomic E-state index is 0.0385. The van der Waals surface area contributed by atoms with Gasteiger partial charge in [0.1, 0.15) is 12.2 Å². The molecule has 0 N–H and O–H groups in total. The molecule has 0 saturated carbocycles. The molecule has 2 atom stereocenters. The Morgan fingerprint density at radius 1 is 1.07 bits per heavy atom. The van der Waals surface area contributed by atoms with Gasteiger partial charge in [0.15, 0.2) is 17.6 Å². The molecule has 0 bridgehead atoms. The van der Waals surface area contributed by atoms with E-state index in [0.29, 0.717) is 13.2 Å². The van der Waals surface area contributed by atoms with Gasteiger partial charge >= 0.3 is 6.09 Å². The third-order valence-corrected chi connectivity index (χ3v) is 5.09. The lowest BCUT2D eigenvalue weighted by Crippen LogP contribution is -2.50. The van der Waals surface area contributed by atoms with Crippen LogP contribution in [0.3, 0.4) is 0 Å². The van der Waals surface area contributed by atoms with Gasteiger partial charge in [-0.25, -0.2) is 4.79 Å². The van der Waals surface area contributed by atoms with E-state index in [0.717, 1.165) is 35.5 Å². The van der Waals surface area contributed by atoms with Crippen LogP contribution in [0.15, 0.2) is 48.5 Å². The fourth-order valence-corrected chi connectivity index (χ4v) is 3.81. The highest BCUT2D eigenvalue weighted by Gasteiger charge is 2.40. The highest BCUT2D eigenvalue weighted by Crippen LogP contribution is 2.38. The average Bonchev–Trinajstić information content (AvgIpc) is 3.16. The van der Waals surface area contributed by atoms with Crippen LogP contribution in [0.2, 0.25) is 0 Å². The molecule has 2 aromatic carbocycles. The number of carbonyl (C=O) groups is 1. The summed E-state index contributed by atoms with van der Waals surface area (Å²) in [5, 5.41) is 0. The Bertz CT molecular complexity index is 843. The molecular formula is C23H27NO4. The molecule has 2 heterocycles. The number of likely N-dealkylation sites (tertiary alicyclic amines) is 1. The van der Waals surface area contributed by atoms with Gasteiger partial charge in [-0.05, 0) is 56.9 Å². The van der Waals surface area contributed by atoms with Gasteiger partial charge in [-0.1, -0.05) is 36.4 Å². The molecular weight excluding hydrogens is 354 g/mol. The normalized spacial score (nSPS) is 21.5. The number of hydrogen-bond acceptors (Lipinski definition) is 4. The zero-order valence-electron chi connectivity index (χ0n) is 16.7. The zero-order valence-corrected chi connectivity index (χ0v) is 16.7. The lowest BCUT2D eigenvalue weighted by Gasteiger charge is -2.35. The zero-order chi connectivity index (χ0) is 19.7. The fraction of sp³-hybridized carbons (Fsp3) is 0.435. The average molecular weight is 381 g/mol. The first-order valence-corrected chi connectivity index (χ1v) is 9.89. The Morgan fingerprint density at radius 3 is 2.61 bits per heavy atom. The summed E-state index contributed by atoms with van der Waals surface area (Å²) in [7, 11) is 0. The molecule has 1 fully saturated rings. The van der Waals surface area contributed by atoms with Crippen LogP contribution in [-0.4, -0.2) is 41.9 Å². The molecule has 1 amide bonds. The maximum atomic E-state index is 12.6. The second-order valence-corrected chi connectivity index (χ2v) is 8.38. The van der Waals surface area contributed by atoms with Crippen LogP contribution in [0.5, 0.6) is 11.5 Å². The Labute approximate surface area is 166 Å². The third kappa shape index (κ3) is 3.93. The molecule has 2 aliphatic heterocycles. The molecule has 0 aromatic heterocycles. The van der Waals surface area contributed by atoms with Crippen molar-refractivity contribution < 1.29 is 19.0 Å². The minimum atomic E-state index is -0.509. The van der Waals surface area contributed by atoms with Gasteiger partial charge in [0, 0.05) is 6.54 Å². The number of carbonyl (C=O) groups excluding carboxylic acids is 1. The van der Waals surface area contributed by atoms with Crippen LogP contribution in [0.4, 0.5) is 4.79 Å². The second kappa shape index (κ2) is 7.38. The van der Waals surface area contributed by atoms with Gasteiger partial charge in [0.05, 0.1) is 6.04 Å². The molecule has 28 heavy (non-hydrogen) atoms. The molecule has 5 nitrogen and oxygen atoms in total. The van der Waals surface area contributed by atoms with Crippen LogP contribution in [0.1, 0.15) is 33.6 Å². The van der Waals surface area contributed by atoms with Crippen LogP contribution >= 0.6 is 0 Å². The van der Waals surface area contributed by atoms with Crippen molar-refractivity contribution in [2.75, 3.05) is 13.2 Å². The van der Waals surface area contributed by atoms with E-state index in [9.17, 15) is 4.79 Å². The molecule has 0 aliphatic carbocycles. The summed E-state index contributed by atoms with van der Waals surface area (Å²) < 4.78 is 17.9. The first kappa shape index (κ1) is 18.7. The van der Waals surface area contributed by atoms with E-state index in [-0.39, 0.29) is 18.2 Å². The minimum Gasteiger partial charge on any atom is -0.486 e. The van der Waals surface area contributed by atoms with Crippen molar-refractivity contribution in [3.8, 4) is 22.6 Å². The Kier molecular flexibility index (Phi) is 4.92. The monoisotopic (exact) mass is 381 g/mol. The summed E-state index contributed by atoms with van der Waals surface area (Å²) in [5.74, 6) is 1.48. The number of nitrogens with zero attached hydrogens (tertiary/aromatic N) is 1.